The first-order valence-electron chi connectivity index (χ1n) is 15.2. The van der Waals surface area contributed by atoms with Crippen LogP contribution < -0.4 is 16.0 Å². The Morgan fingerprint density at radius 2 is 1.60 bits per heavy atom. The Labute approximate surface area is 250 Å². The first-order chi connectivity index (χ1) is 20.8. The molecule has 10 nitrogen and oxygen atoms in total. The van der Waals surface area contributed by atoms with Crippen molar-refractivity contribution in [3.63, 3.8) is 0 Å². The molecular formula is C33H38N6O4. The van der Waals surface area contributed by atoms with E-state index in [-0.39, 0.29) is 25.2 Å². The minimum Gasteiger partial charge on any atom is -0.361 e. The molecule has 1 aromatic carbocycles. The zero-order chi connectivity index (χ0) is 30.0. The van der Waals surface area contributed by atoms with Gasteiger partial charge in [0, 0.05) is 53.4 Å². The molecule has 2 heterocycles. The van der Waals surface area contributed by atoms with E-state index in [4.69, 9.17) is 5.41 Å². The molecule has 224 valence electrons. The van der Waals surface area contributed by atoms with Crippen molar-refractivity contribution in [2.24, 2.45) is 23.2 Å². The summed E-state index contributed by atoms with van der Waals surface area (Å²) in [4.78, 5) is 60.5. The number of nitrogens with one attached hydrogen (secondary N) is 5. The number of carbonyl (C=O) groups excluding carboxylic acids is 4. The van der Waals surface area contributed by atoms with Crippen molar-refractivity contribution < 1.29 is 19.2 Å². The lowest BCUT2D eigenvalue weighted by Gasteiger charge is -2.55. The van der Waals surface area contributed by atoms with Crippen molar-refractivity contribution in [2.75, 3.05) is 5.32 Å². The van der Waals surface area contributed by atoms with Crippen LogP contribution in [0.4, 0.5) is 5.69 Å². The molecule has 43 heavy (non-hydrogen) atoms. The molecule has 0 unspecified atom stereocenters. The number of anilines is 1. The molecule has 3 amide bonds. The van der Waals surface area contributed by atoms with Crippen molar-refractivity contribution >= 4 is 46.3 Å². The van der Waals surface area contributed by atoms with Gasteiger partial charge >= 0.3 is 0 Å². The Bertz CT molecular complexity index is 1500. The number of aromatic nitrogens is 2. The molecule has 4 aliphatic carbocycles. The molecule has 7 rings (SSSR count). The average Bonchev–Trinajstić information content (AvgIpc) is 3.41. The molecule has 0 saturated heterocycles. The van der Waals surface area contributed by atoms with Crippen molar-refractivity contribution in [1.29, 1.82) is 5.41 Å². The third kappa shape index (κ3) is 6.23. The number of aromatic amines is 1. The van der Waals surface area contributed by atoms with E-state index >= 15 is 0 Å². The molecule has 3 aromatic rings. The van der Waals surface area contributed by atoms with Gasteiger partial charge in [0.1, 0.15) is 12.1 Å². The van der Waals surface area contributed by atoms with Gasteiger partial charge in [0.15, 0.2) is 5.78 Å². The number of ketones is 1. The maximum atomic E-state index is 14.1. The smallest absolute Gasteiger partial charge is 0.246 e. The van der Waals surface area contributed by atoms with Crippen LogP contribution in [0.1, 0.15) is 56.9 Å². The molecular weight excluding hydrogens is 544 g/mol. The first-order valence-corrected chi connectivity index (χ1v) is 15.2. The van der Waals surface area contributed by atoms with Crippen molar-refractivity contribution in [2.45, 2.75) is 69.9 Å². The van der Waals surface area contributed by atoms with Gasteiger partial charge in [-0.05, 0) is 86.5 Å². The molecule has 2 aromatic heterocycles. The number of hydrogen-bond acceptors (Lipinski definition) is 6. The van der Waals surface area contributed by atoms with Crippen LogP contribution in [0.2, 0.25) is 0 Å². The predicted octanol–water partition coefficient (Wildman–Crippen LogP) is 3.93. The molecule has 5 N–H and O–H groups in total. The number of pyridine rings is 1. The van der Waals surface area contributed by atoms with E-state index in [1.165, 1.54) is 19.3 Å². The van der Waals surface area contributed by atoms with Gasteiger partial charge in [-0.15, -0.1) is 0 Å². The van der Waals surface area contributed by atoms with E-state index in [9.17, 15) is 19.2 Å². The summed E-state index contributed by atoms with van der Waals surface area (Å²) in [5.74, 6) is 0.238. The maximum Gasteiger partial charge on any atom is 0.246 e. The normalized spacial score (nSPS) is 25.1. The molecule has 10 heteroatoms. The first kappa shape index (κ1) is 28.8. The maximum absolute atomic E-state index is 14.1. The van der Waals surface area contributed by atoms with Gasteiger partial charge in [-0.2, -0.15) is 0 Å². The number of carbonyl (C=O) groups is 4. The minimum absolute atomic E-state index is 0.0135. The highest BCUT2D eigenvalue weighted by atomic mass is 16.2. The molecule has 4 saturated carbocycles. The number of hydrogen-bond donors (Lipinski definition) is 5. The van der Waals surface area contributed by atoms with E-state index in [0.29, 0.717) is 29.7 Å². The number of H-pyrrole nitrogens is 1. The zero-order valence-corrected chi connectivity index (χ0v) is 24.1. The number of Topliss-reactive ketones (excluding diaryl/α,β-unsaturated/α-hetero) is 1. The van der Waals surface area contributed by atoms with Gasteiger partial charge in [-0.25, -0.2) is 0 Å². The van der Waals surface area contributed by atoms with E-state index < -0.39 is 35.1 Å². The number of rotatable bonds is 12. The Hall–Kier alpha value is -4.34. The number of nitrogens with zero attached hydrogens (tertiary/aromatic N) is 1. The largest absolute Gasteiger partial charge is 0.361 e. The summed E-state index contributed by atoms with van der Waals surface area (Å²) in [6.45, 7) is 0. The zero-order valence-electron chi connectivity index (χ0n) is 24.1. The summed E-state index contributed by atoms with van der Waals surface area (Å²) >= 11 is 0. The third-order valence-electron chi connectivity index (χ3n) is 9.66. The molecule has 4 bridgehead atoms. The lowest BCUT2D eigenvalue weighted by Crippen LogP contribution is -2.59. The summed E-state index contributed by atoms with van der Waals surface area (Å²) < 4.78 is 0. The van der Waals surface area contributed by atoms with Gasteiger partial charge in [0.25, 0.3) is 0 Å². The minimum atomic E-state index is -1.05. The fraction of sp³-hybridized carbons (Fsp3) is 0.455. The summed E-state index contributed by atoms with van der Waals surface area (Å²) in [6, 6.07) is 9.09. The van der Waals surface area contributed by atoms with Crippen LogP contribution in [-0.2, 0) is 25.6 Å². The Morgan fingerprint density at radius 3 is 2.28 bits per heavy atom. The Kier molecular flexibility index (Phi) is 8.10. The lowest BCUT2D eigenvalue weighted by molar-refractivity contribution is -0.148. The third-order valence-corrected chi connectivity index (χ3v) is 9.66. The highest BCUT2D eigenvalue weighted by Crippen LogP contribution is 2.60. The Morgan fingerprint density at radius 1 is 0.930 bits per heavy atom. The van der Waals surface area contributed by atoms with Crippen LogP contribution in [0.15, 0.2) is 55.0 Å². The Balaban J connectivity index is 1.24. The second kappa shape index (κ2) is 12.1. The van der Waals surface area contributed by atoms with Gasteiger partial charge in [-0.3, -0.25) is 24.2 Å². The topological polar surface area (TPSA) is 157 Å². The van der Waals surface area contributed by atoms with Crippen LogP contribution in [0.3, 0.4) is 0 Å². The van der Waals surface area contributed by atoms with Crippen LogP contribution in [0.5, 0.6) is 0 Å². The molecule has 4 fully saturated rings. The second-order valence-corrected chi connectivity index (χ2v) is 12.7. The monoisotopic (exact) mass is 582 g/mol. The van der Waals surface area contributed by atoms with Gasteiger partial charge in [-0.1, -0.05) is 18.2 Å². The van der Waals surface area contributed by atoms with Gasteiger partial charge in [0.2, 0.25) is 17.7 Å². The standard InChI is InChI=1S/C33H38N6O4/c34-18-25(40)5-6-28(30(41)37-24-7-9-35-10-8-24)38-31(42)29(14-23-19-36-27-4-2-1-3-26(23)27)39-32(43)33-15-20-11-21(16-33)13-22(12-20)17-33/h1-4,7-10,18-22,28-29,34,36H,5-6,11-17H2,(H,38,42)(H,39,43)(H,35,37,41)/t20?,21?,22?,28-,29-,33?/m0/s1. The van der Waals surface area contributed by atoms with Crippen molar-refractivity contribution in [3.8, 4) is 0 Å². The molecule has 0 radical (unpaired) electrons. The average molecular weight is 583 g/mol. The summed E-state index contributed by atoms with van der Waals surface area (Å²) in [6.07, 6.45) is 12.1. The van der Waals surface area contributed by atoms with E-state index in [1.807, 2.05) is 30.5 Å². The summed E-state index contributed by atoms with van der Waals surface area (Å²) in [5.41, 5.74) is 1.88. The molecule has 0 aliphatic heterocycles. The highest BCUT2D eigenvalue weighted by Gasteiger charge is 2.55. The molecule has 4 aliphatic rings. The lowest BCUT2D eigenvalue weighted by atomic mass is 9.49. The van der Waals surface area contributed by atoms with E-state index in [1.54, 1.807) is 24.5 Å². The van der Waals surface area contributed by atoms with Gasteiger partial charge in [0.05, 0.1) is 6.21 Å². The fourth-order valence-electron chi connectivity index (χ4n) is 7.99. The van der Waals surface area contributed by atoms with Crippen LogP contribution in [0, 0.1) is 28.6 Å². The number of para-hydroxylation sites is 1. The van der Waals surface area contributed by atoms with Crippen LogP contribution in [-0.4, -0.2) is 51.8 Å². The van der Waals surface area contributed by atoms with Crippen LogP contribution >= 0.6 is 0 Å². The molecule has 2 atom stereocenters. The summed E-state index contributed by atoms with van der Waals surface area (Å²) in [5, 5.41) is 17.0. The van der Waals surface area contributed by atoms with Crippen molar-refractivity contribution in [3.05, 3.63) is 60.6 Å². The SMILES string of the molecule is N=CC(=O)CC[C@H](NC(=O)[C@H](Cc1c[nH]c2ccccc12)NC(=O)C12CC3CC(CC(C3)C1)C2)C(=O)Nc1ccncc1. The quantitative estimate of drug-likeness (QED) is 0.205. The predicted molar refractivity (Wildman–Crippen MR) is 162 cm³/mol. The van der Waals surface area contributed by atoms with E-state index in [2.05, 4.69) is 25.9 Å². The van der Waals surface area contributed by atoms with Crippen LogP contribution in [0.25, 0.3) is 10.9 Å². The highest BCUT2D eigenvalue weighted by molar-refractivity contribution is 6.26. The molecule has 0 spiro atoms. The van der Waals surface area contributed by atoms with E-state index in [0.717, 1.165) is 35.7 Å². The fourth-order valence-corrected chi connectivity index (χ4v) is 7.99. The summed E-state index contributed by atoms with van der Waals surface area (Å²) in [7, 11) is 0. The van der Waals surface area contributed by atoms with Gasteiger partial charge < -0.3 is 26.3 Å². The second-order valence-electron chi connectivity index (χ2n) is 12.7. The number of amides is 3. The number of benzene rings is 1. The number of fused-ring (bicyclic) bond motifs is 1. The van der Waals surface area contributed by atoms with Crippen molar-refractivity contribution in [1.82, 2.24) is 20.6 Å².